The van der Waals surface area contributed by atoms with E-state index >= 15 is 0 Å². The second kappa shape index (κ2) is 7.04. The molecule has 4 nitrogen and oxygen atoms in total. The Bertz CT molecular complexity index is 216. The molecule has 5 heteroatoms. The van der Waals surface area contributed by atoms with Crippen molar-refractivity contribution in [2.24, 2.45) is 0 Å². The van der Waals surface area contributed by atoms with Crippen molar-refractivity contribution in [3.63, 3.8) is 0 Å². The SMILES string of the molecule is COCCCNC(=S)N1C[C@@H](C)O[C@@H](C)C1. The molecule has 1 saturated heterocycles. The summed E-state index contributed by atoms with van der Waals surface area (Å²) < 4.78 is 10.6. The third kappa shape index (κ3) is 4.63. The minimum Gasteiger partial charge on any atom is -0.385 e. The fourth-order valence-electron chi connectivity index (χ4n) is 1.87. The molecule has 0 unspecified atom stereocenters. The van der Waals surface area contributed by atoms with Crippen molar-refractivity contribution >= 4 is 17.3 Å². The maximum absolute atomic E-state index is 5.66. The minimum atomic E-state index is 0.252. The van der Waals surface area contributed by atoms with Gasteiger partial charge < -0.3 is 19.7 Å². The zero-order valence-electron chi connectivity index (χ0n) is 10.4. The van der Waals surface area contributed by atoms with Crippen molar-refractivity contribution in [3.8, 4) is 0 Å². The molecule has 0 aromatic heterocycles. The van der Waals surface area contributed by atoms with E-state index in [1.807, 2.05) is 0 Å². The molecule has 0 aliphatic carbocycles. The van der Waals surface area contributed by atoms with Gasteiger partial charge in [0.2, 0.25) is 0 Å². The molecule has 1 aliphatic rings. The summed E-state index contributed by atoms with van der Waals surface area (Å²) in [6, 6.07) is 0. The van der Waals surface area contributed by atoms with Crippen molar-refractivity contribution in [2.45, 2.75) is 32.5 Å². The first-order valence-corrected chi connectivity index (χ1v) is 6.21. The summed E-state index contributed by atoms with van der Waals surface area (Å²) in [5, 5.41) is 4.08. The van der Waals surface area contributed by atoms with Crippen LogP contribution in [-0.4, -0.2) is 55.6 Å². The summed E-state index contributed by atoms with van der Waals surface area (Å²) in [4.78, 5) is 2.18. The summed E-state index contributed by atoms with van der Waals surface area (Å²) in [5.41, 5.74) is 0. The molecular formula is C11H22N2O2S. The van der Waals surface area contributed by atoms with Crippen molar-refractivity contribution in [1.82, 2.24) is 10.2 Å². The van der Waals surface area contributed by atoms with E-state index in [9.17, 15) is 0 Å². The van der Waals surface area contributed by atoms with Gasteiger partial charge in [0.25, 0.3) is 0 Å². The highest BCUT2D eigenvalue weighted by molar-refractivity contribution is 7.80. The van der Waals surface area contributed by atoms with E-state index < -0.39 is 0 Å². The van der Waals surface area contributed by atoms with Gasteiger partial charge in [0, 0.05) is 33.4 Å². The highest BCUT2D eigenvalue weighted by atomic mass is 32.1. The predicted octanol–water partition coefficient (Wildman–Crippen LogP) is 1.01. The monoisotopic (exact) mass is 246 g/mol. The lowest BCUT2D eigenvalue weighted by Crippen LogP contribution is -2.51. The van der Waals surface area contributed by atoms with E-state index in [1.54, 1.807) is 7.11 Å². The van der Waals surface area contributed by atoms with Crippen molar-refractivity contribution in [2.75, 3.05) is 33.4 Å². The molecular weight excluding hydrogens is 224 g/mol. The van der Waals surface area contributed by atoms with E-state index in [0.717, 1.165) is 37.8 Å². The summed E-state index contributed by atoms with van der Waals surface area (Å²) in [5.74, 6) is 0. The van der Waals surface area contributed by atoms with E-state index in [1.165, 1.54) is 0 Å². The maximum Gasteiger partial charge on any atom is 0.169 e. The Morgan fingerprint density at radius 1 is 1.44 bits per heavy atom. The summed E-state index contributed by atoms with van der Waals surface area (Å²) in [7, 11) is 1.71. The quantitative estimate of drug-likeness (QED) is 0.591. The minimum absolute atomic E-state index is 0.252. The molecule has 0 spiro atoms. The van der Waals surface area contributed by atoms with Crippen LogP contribution >= 0.6 is 12.2 Å². The summed E-state index contributed by atoms with van der Waals surface area (Å²) in [6.07, 6.45) is 1.48. The Kier molecular flexibility index (Phi) is 6.01. The van der Waals surface area contributed by atoms with E-state index in [2.05, 4.69) is 24.1 Å². The van der Waals surface area contributed by atoms with Gasteiger partial charge in [-0.25, -0.2) is 0 Å². The standard InChI is InChI=1S/C11H22N2O2S/c1-9-7-13(8-10(2)15-9)11(16)12-5-4-6-14-3/h9-10H,4-8H2,1-3H3,(H,12,16)/t9-,10+. The number of nitrogens with one attached hydrogen (secondary N) is 1. The Morgan fingerprint density at radius 2 is 2.06 bits per heavy atom. The van der Waals surface area contributed by atoms with Crippen LogP contribution in [0.25, 0.3) is 0 Å². The molecule has 0 bridgehead atoms. The highest BCUT2D eigenvalue weighted by Crippen LogP contribution is 2.10. The number of ether oxygens (including phenoxy) is 2. The van der Waals surface area contributed by atoms with E-state index in [4.69, 9.17) is 21.7 Å². The van der Waals surface area contributed by atoms with Gasteiger partial charge in [-0.2, -0.15) is 0 Å². The first kappa shape index (κ1) is 13.7. The average molecular weight is 246 g/mol. The topological polar surface area (TPSA) is 33.7 Å². The molecule has 94 valence electrons. The lowest BCUT2D eigenvalue weighted by Gasteiger charge is -2.36. The first-order chi connectivity index (χ1) is 7.63. The molecule has 0 aromatic rings. The molecule has 1 rings (SSSR count). The van der Waals surface area contributed by atoms with Crippen LogP contribution in [-0.2, 0) is 9.47 Å². The number of rotatable bonds is 4. The van der Waals surface area contributed by atoms with Crippen LogP contribution in [0.2, 0.25) is 0 Å². The molecule has 0 radical (unpaired) electrons. The van der Waals surface area contributed by atoms with Crippen LogP contribution in [0.5, 0.6) is 0 Å². The maximum atomic E-state index is 5.66. The van der Waals surface area contributed by atoms with Crippen LogP contribution in [0.3, 0.4) is 0 Å². The molecule has 0 saturated carbocycles. The molecule has 1 N–H and O–H groups in total. The fourth-order valence-corrected chi connectivity index (χ4v) is 2.12. The lowest BCUT2D eigenvalue weighted by molar-refractivity contribution is -0.0481. The van der Waals surface area contributed by atoms with Crippen LogP contribution in [0, 0.1) is 0 Å². The lowest BCUT2D eigenvalue weighted by atomic mass is 10.2. The van der Waals surface area contributed by atoms with Crippen LogP contribution in [0.4, 0.5) is 0 Å². The van der Waals surface area contributed by atoms with Crippen molar-refractivity contribution in [1.29, 1.82) is 0 Å². The van der Waals surface area contributed by atoms with Gasteiger partial charge in [-0.15, -0.1) is 0 Å². The van der Waals surface area contributed by atoms with Crippen LogP contribution in [0.1, 0.15) is 20.3 Å². The number of morpholine rings is 1. The number of thiocarbonyl (C=S) groups is 1. The van der Waals surface area contributed by atoms with Crippen LogP contribution < -0.4 is 5.32 Å². The predicted molar refractivity (Wildman–Crippen MR) is 68.7 cm³/mol. The molecule has 16 heavy (non-hydrogen) atoms. The molecule has 0 amide bonds. The number of hydrogen-bond donors (Lipinski definition) is 1. The normalized spacial score (nSPS) is 25.6. The zero-order chi connectivity index (χ0) is 12.0. The number of nitrogens with zero attached hydrogens (tertiary/aromatic N) is 1. The van der Waals surface area contributed by atoms with Crippen LogP contribution in [0.15, 0.2) is 0 Å². The highest BCUT2D eigenvalue weighted by Gasteiger charge is 2.23. The molecule has 1 fully saturated rings. The molecule has 2 atom stereocenters. The van der Waals surface area contributed by atoms with Gasteiger partial charge in [0.15, 0.2) is 5.11 Å². The van der Waals surface area contributed by atoms with Crippen molar-refractivity contribution < 1.29 is 9.47 Å². The third-order valence-corrected chi connectivity index (χ3v) is 2.91. The smallest absolute Gasteiger partial charge is 0.169 e. The Morgan fingerprint density at radius 3 is 2.62 bits per heavy atom. The number of hydrogen-bond acceptors (Lipinski definition) is 3. The fraction of sp³-hybridized carbons (Fsp3) is 0.909. The van der Waals surface area contributed by atoms with Gasteiger partial charge in [0.05, 0.1) is 12.2 Å². The second-order valence-corrected chi connectivity index (χ2v) is 4.63. The van der Waals surface area contributed by atoms with Gasteiger partial charge >= 0.3 is 0 Å². The zero-order valence-corrected chi connectivity index (χ0v) is 11.2. The van der Waals surface area contributed by atoms with Gasteiger partial charge in [-0.1, -0.05) is 0 Å². The summed E-state index contributed by atoms with van der Waals surface area (Å²) in [6.45, 7) is 7.55. The Hall–Kier alpha value is -0.390. The Balaban J connectivity index is 2.24. The molecule has 0 aromatic carbocycles. The van der Waals surface area contributed by atoms with E-state index in [-0.39, 0.29) is 12.2 Å². The average Bonchev–Trinajstić information content (AvgIpc) is 2.22. The van der Waals surface area contributed by atoms with E-state index in [0.29, 0.717) is 0 Å². The van der Waals surface area contributed by atoms with Crippen molar-refractivity contribution in [3.05, 3.63) is 0 Å². The van der Waals surface area contributed by atoms with Gasteiger partial charge in [-0.3, -0.25) is 0 Å². The van der Waals surface area contributed by atoms with Gasteiger partial charge in [0.1, 0.15) is 0 Å². The first-order valence-electron chi connectivity index (χ1n) is 5.80. The second-order valence-electron chi connectivity index (χ2n) is 4.24. The largest absolute Gasteiger partial charge is 0.385 e. The van der Waals surface area contributed by atoms with Gasteiger partial charge in [-0.05, 0) is 32.5 Å². The molecule has 1 heterocycles. The Labute approximate surface area is 103 Å². The third-order valence-electron chi connectivity index (χ3n) is 2.51. The molecule has 1 aliphatic heterocycles. The summed E-state index contributed by atoms with van der Waals surface area (Å²) >= 11 is 5.35. The number of methoxy groups -OCH3 is 1.